The number of hydrogen-bond acceptors (Lipinski definition) is 3. The van der Waals surface area contributed by atoms with E-state index in [1.54, 1.807) is 37.4 Å². The summed E-state index contributed by atoms with van der Waals surface area (Å²) in [4.78, 5) is 27.7. The van der Waals surface area contributed by atoms with Crippen LogP contribution < -0.4 is 10.1 Å². The van der Waals surface area contributed by atoms with Crippen molar-refractivity contribution in [1.29, 1.82) is 0 Å². The number of amides is 2. The fraction of sp³-hybridized carbons (Fsp3) is 0.200. The normalized spacial score (nSPS) is 11.5. The van der Waals surface area contributed by atoms with Crippen LogP contribution in [-0.2, 0) is 22.6 Å². The van der Waals surface area contributed by atoms with Crippen LogP contribution >= 0.6 is 39.1 Å². The minimum Gasteiger partial charge on any atom is -0.484 e. The molecule has 3 aromatic rings. The zero-order valence-corrected chi connectivity index (χ0v) is 21.0. The Bertz CT molecular complexity index is 1090. The third-order valence-electron chi connectivity index (χ3n) is 5.03. The summed E-state index contributed by atoms with van der Waals surface area (Å²) in [6.07, 6.45) is 0.353. The van der Waals surface area contributed by atoms with Gasteiger partial charge >= 0.3 is 0 Å². The summed E-state index contributed by atoms with van der Waals surface area (Å²) in [5.41, 5.74) is 1.69. The van der Waals surface area contributed by atoms with Crippen molar-refractivity contribution < 1.29 is 14.3 Å². The summed E-state index contributed by atoms with van der Waals surface area (Å²) in [6, 6.07) is 21.2. The maximum absolute atomic E-state index is 13.3. The summed E-state index contributed by atoms with van der Waals surface area (Å²) >= 11 is 15.6. The molecule has 1 N–H and O–H groups in total. The molecule has 0 heterocycles. The summed E-state index contributed by atoms with van der Waals surface area (Å²) in [7, 11) is 1.56. The first-order valence-corrected chi connectivity index (χ1v) is 11.8. The molecule has 0 bridgehead atoms. The van der Waals surface area contributed by atoms with Gasteiger partial charge < -0.3 is 15.0 Å². The van der Waals surface area contributed by atoms with E-state index in [-0.39, 0.29) is 25.0 Å². The minimum atomic E-state index is -0.743. The fourth-order valence-electron chi connectivity index (χ4n) is 3.31. The summed E-state index contributed by atoms with van der Waals surface area (Å²) in [5.74, 6) is -0.0370. The average molecular weight is 550 g/mol. The van der Waals surface area contributed by atoms with Gasteiger partial charge in [-0.25, -0.2) is 0 Å². The molecule has 0 aliphatic heterocycles. The Morgan fingerprint density at radius 1 is 0.970 bits per heavy atom. The number of rotatable bonds is 9. The molecule has 2 amide bonds. The number of halogens is 3. The van der Waals surface area contributed by atoms with E-state index < -0.39 is 6.04 Å². The molecule has 0 aromatic heterocycles. The van der Waals surface area contributed by atoms with Crippen molar-refractivity contribution >= 4 is 50.9 Å². The number of nitrogens with zero attached hydrogens (tertiary/aromatic N) is 1. The molecule has 1 atom stereocenters. The van der Waals surface area contributed by atoms with Gasteiger partial charge in [0.05, 0.1) is 10.0 Å². The quantitative estimate of drug-likeness (QED) is 0.382. The van der Waals surface area contributed by atoms with E-state index in [1.165, 1.54) is 4.90 Å². The Labute approximate surface area is 211 Å². The van der Waals surface area contributed by atoms with E-state index in [0.29, 0.717) is 22.2 Å². The van der Waals surface area contributed by atoms with Crippen molar-refractivity contribution in [3.63, 3.8) is 0 Å². The molecule has 8 heteroatoms. The van der Waals surface area contributed by atoms with Crippen molar-refractivity contribution in [3.05, 3.63) is 98.4 Å². The van der Waals surface area contributed by atoms with E-state index in [2.05, 4.69) is 21.2 Å². The highest BCUT2D eigenvalue weighted by molar-refractivity contribution is 9.10. The van der Waals surface area contributed by atoms with Crippen LogP contribution in [0.2, 0.25) is 10.0 Å². The minimum absolute atomic E-state index is 0.171. The Hall–Kier alpha value is -2.54. The lowest BCUT2D eigenvalue weighted by Gasteiger charge is -2.31. The number of benzene rings is 3. The smallest absolute Gasteiger partial charge is 0.261 e. The number of ether oxygens (including phenoxy) is 1. The average Bonchev–Trinajstić information content (AvgIpc) is 2.83. The van der Waals surface area contributed by atoms with Crippen molar-refractivity contribution in [3.8, 4) is 5.75 Å². The van der Waals surface area contributed by atoms with Gasteiger partial charge in [-0.1, -0.05) is 75.5 Å². The highest BCUT2D eigenvalue weighted by atomic mass is 79.9. The molecule has 0 saturated carbocycles. The van der Waals surface area contributed by atoms with E-state index in [4.69, 9.17) is 27.9 Å². The molecular weight excluding hydrogens is 527 g/mol. The van der Waals surface area contributed by atoms with Crippen LogP contribution in [0.15, 0.2) is 77.3 Å². The molecule has 0 spiro atoms. The molecule has 1 unspecified atom stereocenters. The SMILES string of the molecule is CNC(=O)C(Cc1ccccc1)N(Cc1ccc(Cl)c(Cl)c1)C(=O)COc1ccc(Br)cc1. The molecule has 0 radical (unpaired) electrons. The third kappa shape index (κ3) is 7.22. The molecular formula is C25H23BrCl2N2O3. The molecule has 0 aliphatic rings. The fourth-order valence-corrected chi connectivity index (χ4v) is 3.90. The van der Waals surface area contributed by atoms with Crippen LogP contribution in [0.4, 0.5) is 0 Å². The Morgan fingerprint density at radius 3 is 2.30 bits per heavy atom. The first-order chi connectivity index (χ1) is 15.9. The standard InChI is InChI=1S/C25H23BrCl2N2O3/c1-29-25(32)23(14-17-5-3-2-4-6-17)30(15-18-7-12-21(27)22(28)13-18)24(31)16-33-20-10-8-19(26)9-11-20/h2-13,23H,14-16H2,1H3,(H,29,32). The molecule has 3 aromatic carbocycles. The largest absolute Gasteiger partial charge is 0.484 e. The van der Waals surface area contributed by atoms with Crippen LogP contribution in [0.5, 0.6) is 5.75 Å². The topological polar surface area (TPSA) is 58.6 Å². The van der Waals surface area contributed by atoms with Crippen LogP contribution in [0.25, 0.3) is 0 Å². The third-order valence-corrected chi connectivity index (χ3v) is 6.30. The van der Waals surface area contributed by atoms with Crippen LogP contribution in [-0.4, -0.2) is 36.4 Å². The van der Waals surface area contributed by atoms with Gasteiger partial charge in [-0.2, -0.15) is 0 Å². The van der Waals surface area contributed by atoms with Crippen molar-refractivity contribution in [1.82, 2.24) is 10.2 Å². The van der Waals surface area contributed by atoms with Crippen molar-refractivity contribution in [2.24, 2.45) is 0 Å². The zero-order valence-electron chi connectivity index (χ0n) is 17.9. The molecule has 0 saturated heterocycles. The lowest BCUT2D eigenvalue weighted by molar-refractivity contribution is -0.142. The predicted molar refractivity (Wildman–Crippen MR) is 135 cm³/mol. The van der Waals surface area contributed by atoms with Gasteiger partial charge in [0.15, 0.2) is 6.61 Å². The van der Waals surface area contributed by atoms with Crippen molar-refractivity contribution in [2.75, 3.05) is 13.7 Å². The second-order valence-corrected chi connectivity index (χ2v) is 9.06. The van der Waals surface area contributed by atoms with Gasteiger partial charge in [0.1, 0.15) is 11.8 Å². The summed E-state index contributed by atoms with van der Waals surface area (Å²) in [6.45, 7) is -0.0461. The van der Waals surface area contributed by atoms with Gasteiger partial charge in [0, 0.05) is 24.5 Å². The molecule has 5 nitrogen and oxygen atoms in total. The van der Waals surface area contributed by atoms with E-state index in [9.17, 15) is 9.59 Å². The van der Waals surface area contributed by atoms with Gasteiger partial charge in [-0.15, -0.1) is 0 Å². The highest BCUT2D eigenvalue weighted by Crippen LogP contribution is 2.24. The van der Waals surface area contributed by atoms with E-state index >= 15 is 0 Å². The first kappa shape index (κ1) is 25.1. The van der Waals surface area contributed by atoms with Gasteiger partial charge in [-0.05, 0) is 47.5 Å². The Balaban J connectivity index is 1.88. The zero-order chi connectivity index (χ0) is 23.8. The van der Waals surface area contributed by atoms with Crippen molar-refractivity contribution in [2.45, 2.75) is 19.0 Å². The molecule has 33 heavy (non-hydrogen) atoms. The van der Waals surface area contributed by atoms with Gasteiger partial charge in [-0.3, -0.25) is 9.59 Å². The number of carbonyl (C=O) groups is 2. The van der Waals surface area contributed by atoms with Crippen LogP contribution in [0.1, 0.15) is 11.1 Å². The lowest BCUT2D eigenvalue weighted by Crippen LogP contribution is -2.51. The number of hydrogen-bond donors (Lipinski definition) is 1. The first-order valence-electron chi connectivity index (χ1n) is 10.2. The number of likely N-dealkylation sites (N-methyl/N-ethyl adjacent to an activating group) is 1. The molecule has 3 rings (SSSR count). The maximum Gasteiger partial charge on any atom is 0.261 e. The molecule has 0 aliphatic carbocycles. The number of nitrogens with one attached hydrogen (secondary N) is 1. The Morgan fingerprint density at radius 2 is 1.67 bits per heavy atom. The summed E-state index contributed by atoms with van der Waals surface area (Å²) < 4.78 is 6.61. The van der Waals surface area contributed by atoms with E-state index in [0.717, 1.165) is 15.6 Å². The van der Waals surface area contributed by atoms with Crippen LogP contribution in [0, 0.1) is 0 Å². The van der Waals surface area contributed by atoms with Crippen LogP contribution in [0.3, 0.4) is 0 Å². The second kappa shape index (κ2) is 12.1. The van der Waals surface area contributed by atoms with Gasteiger partial charge in [0.2, 0.25) is 5.91 Å². The Kier molecular flexibility index (Phi) is 9.18. The number of carbonyl (C=O) groups excluding carboxylic acids is 2. The monoisotopic (exact) mass is 548 g/mol. The summed E-state index contributed by atoms with van der Waals surface area (Å²) in [5, 5.41) is 3.48. The lowest BCUT2D eigenvalue weighted by atomic mass is 10.0. The molecule has 0 fully saturated rings. The second-order valence-electron chi connectivity index (χ2n) is 7.33. The predicted octanol–water partition coefficient (Wildman–Crippen LogP) is 5.52. The van der Waals surface area contributed by atoms with Gasteiger partial charge in [0.25, 0.3) is 5.91 Å². The molecule has 172 valence electrons. The maximum atomic E-state index is 13.3. The van der Waals surface area contributed by atoms with E-state index in [1.807, 2.05) is 42.5 Å². The highest BCUT2D eigenvalue weighted by Gasteiger charge is 2.30.